The SMILES string of the molecule is COCn1ccc(C(=O)Nc2ncn(Cc3ccc(F)cc3)n2)n1. The summed E-state index contributed by atoms with van der Waals surface area (Å²) in [7, 11) is 1.54. The second-order valence-corrected chi connectivity index (χ2v) is 5.00. The summed E-state index contributed by atoms with van der Waals surface area (Å²) in [6.07, 6.45) is 3.13. The number of anilines is 1. The molecule has 3 aromatic rings. The van der Waals surface area contributed by atoms with Gasteiger partial charge in [0, 0.05) is 13.3 Å². The Bertz CT molecular complexity index is 827. The molecule has 0 aliphatic rings. The van der Waals surface area contributed by atoms with E-state index in [9.17, 15) is 9.18 Å². The fourth-order valence-corrected chi connectivity index (χ4v) is 2.06. The molecule has 0 saturated carbocycles. The molecule has 3 rings (SSSR count). The predicted molar refractivity (Wildman–Crippen MR) is 82.7 cm³/mol. The standard InChI is InChI=1S/C15H15FN6O2/c1-24-10-21-7-6-13(19-21)14(23)18-15-17-9-22(20-15)8-11-2-4-12(16)5-3-11/h2-7,9H,8,10H2,1H3,(H,18,20,23). The zero-order valence-corrected chi connectivity index (χ0v) is 12.9. The molecule has 0 spiro atoms. The van der Waals surface area contributed by atoms with E-state index in [1.807, 2.05) is 0 Å². The monoisotopic (exact) mass is 330 g/mol. The first kappa shape index (κ1) is 15.8. The minimum atomic E-state index is -0.413. The highest BCUT2D eigenvalue weighted by molar-refractivity contribution is 6.01. The molecule has 0 bridgehead atoms. The number of aromatic nitrogens is 5. The van der Waals surface area contributed by atoms with Crippen molar-refractivity contribution in [2.24, 2.45) is 0 Å². The normalized spacial score (nSPS) is 10.8. The Kier molecular flexibility index (Phi) is 4.62. The third kappa shape index (κ3) is 3.82. The van der Waals surface area contributed by atoms with Gasteiger partial charge in [-0.05, 0) is 23.8 Å². The van der Waals surface area contributed by atoms with E-state index >= 15 is 0 Å². The van der Waals surface area contributed by atoms with Crippen LogP contribution in [0.3, 0.4) is 0 Å². The maximum atomic E-state index is 12.9. The molecule has 9 heteroatoms. The predicted octanol–water partition coefficient (Wildman–Crippen LogP) is 1.52. The van der Waals surface area contributed by atoms with Crippen LogP contribution < -0.4 is 5.32 Å². The van der Waals surface area contributed by atoms with E-state index in [1.165, 1.54) is 23.1 Å². The number of methoxy groups -OCH3 is 1. The number of rotatable bonds is 6. The van der Waals surface area contributed by atoms with Crippen LogP contribution in [0.25, 0.3) is 0 Å². The average Bonchev–Trinajstić information content (AvgIpc) is 3.20. The van der Waals surface area contributed by atoms with Crippen molar-refractivity contribution in [3.8, 4) is 0 Å². The molecule has 0 saturated heterocycles. The maximum Gasteiger partial charge on any atom is 0.278 e. The van der Waals surface area contributed by atoms with Crippen molar-refractivity contribution >= 4 is 11.9 Å². The van der Waals surface area contributed by atoms with Crippen LogP contribution in [0.4, 0.5) is 10.3 Å². The summed E-state index contributed by atoms with van der Waals surface area (Å²) >= 11 is 0. The van der Waals surface area contributed by atoms with Gasteiger partial charge in [-0.3, -0.25) is 10.1 Å². The van der Waals surface area contributed by atoms with Crippen LogP contribution in [0.5, 0.6) is 0 Å². The molecule has 1 N–H and O–H groups in total. The number of hydrogen-bond acceptors (Lipinski definition) is 5. The van der Waals surface area contributed by atoms with Crippen molar-refractivity contribution in [1.29, 1.82) is 0 Å². The molecule has 8 nitrogen and oxygen atoms in total. The molecule has 0 atom stereocenters. The maximum absolute atomic E-state index is 12.9. The molecule has 0 aliphatic heterocycles. The van der Waals surface area contributed by atoms with Gasteiger partial charge in [0.15, 0.2) is 5.69 Å². The van der Waals surface area contributed by atoms with Gasteiger partial charge in [-0.2, -0.15) is 5.10 Å². The highest BCUT2D eigenvalue weighted by Crippen LogP contribution is 2.07. The van der Waals surface area contributed by atoms with Gasteiger partial charge in [0.05, 0.1) is 6.54 Å². The van der Waals surface area contributed by atoms with Gasteiger partial charge in [-0.25, -0.2) is 18.7 Å². The average molecular weight is 330 g/mol. The number of carbonyl (C=O) groups is 1. The summed E-state index contributed by atoms with van der Waals surface area (Å²) in [5.74, 6) is -0.536. The zero-order valence-electron chi connectivity index (χ0n) is 12.9. The Morgan fingerprint density at radius 1 is 1.21 bits per heavy atom. The van der Waals surface area contributed by atoms with E-state index < -0.39 is 5.91 Å². The summed E-state index contributed by atoms with van der Waals surface area (Å²) < 4.78 is 20.9. The lowest BCUT2D eigenvalue weighted by molar-refractivity contribution is 0.101. The van der Waals surface area contributed by atoms with Crippen LogP contribution in [0.1, 0.15) is 16.1 Å². The van der Waals surface area contributed by atoms with E-state index in [-0.39, 0.29) is 24.2 Å². The Morgan fingerprint density at radius 2 is 2.00 bits per heavy atom. The van der Waals surface area contributed by atoms with Crippen molar-refractivity contribution in [3.05, 3.63) is 59.9 Å². The van der Waals surface area contributed by atoms with Crippen LogP contribution in [0.15, 0.2) is 42.9 Å². The van der Waals surface area contributed by atoms with Crippen molar-refractivity contribution in [2.45, 2.75) is 13.3 Å². The first-order valence-electron chi connectivity index (χ1n) is 7.11. The molecule has 1 aromatic carbocycles. The topological polar surface area (TPSA) is 86.9 Å². The molecule has 124 valence electrons. The van der Waals surface area contributed by atoms with E-state index in [2.05, 4.69) is 20.5 Å². The van der Waals surface area contributed by atoms with E-state index in [0.29, 0.717) is 6.54 Å². The van der Waals surface area contributed by atoms with Crippen molar-refractivity contribution in [1.82, 2.24) is 24.5 Å². The largest absolute Gasteiger partial charge is 0.362 e. The first-order chi connectivity index (χ1) is 11.6. The third-order valence-electron chi connectivity index (χ3n) is 3.15. The molecule has 2 heterocycles. The summed E-state index contributed by atoms with van der Waals surface area (Å²) in [4.78, 5) is 16.1. The number of hydrogen-bond donors (Lipinski definition) is 1. The molecular formula is C15H15FN6O2. The highest BCUT2D eigenvalue weighted by Gasteiger charge is 2.12. The molecule has 0 unspecified atom stereocenters. The number of carbonyl (C=O) groups excluding carboxylic acids is 1. The molecule has 24 heavy (non-hydrogen) atoms. The molecular weight excluding hydrogens is 315 g/mol. The number of nitrogens with one attached hydrogen (secondary N) is 1. The first-order valence-corrected chi connectivity index (χ1v) is 7.11. The minimum Gasteiger partial charge on any atom is -0.362 e. The Balaban J connectivity index is 1.62. The lowest BCUT2D eigenvalue weighted by Crippen LogP contribution is -2.15. The zero-order chi connectivity index (χ0) is 16.9. The van der Waals surface area contributed by atoms with Crippen molar-refractivity contribution < 1.29 is 13.9 Å². The molecule has 1 amide bonds. The smallest absolute Gasteiger partial charge is 0.278 e. The van der Waals surface area contributed by atoms with Gasteiger partial charge in [-0.15, -0.1) is 5.10 Å². The molecule has 0 aliphatic carbocycles. The number of ether oxygens (including phenoxy) is 1. The lowest BCUT2D eigenvalue weighted by atomic mass is 10.2. The van der Waals surface area contributed by atoms with Crippen LogP contribution >= 0.6 is 0 Å². The van der Waals surface area contributed by atoms with Gasteiger partial charge >= 0.3 is 0 Å². The fraction of sp³-hybridized carbons (Fsp3) is 0.200. The van der Waals surface area contributed by atoms with E-state index in [4.69, 9.17) is 4.74 Å². The number of amides is 1. The third-order valence-corrected chi connectivity index (χ3v) is 3.15. The van der Waals surface area contributed by atoms with Gasteiger partial charge in [-0.1, -0.05) is 12.1 Å². The summed E-state index contributed by atoms with van der Waals surface area (Å²) in [5.41, 5.74) is 1.11. The summed E-state index contributed by atoms with van der Waals surface area (Å²) in [6, 6.07) is 7.66. The summed E-state index contributed by atoms with van der Waals surface area (Å²) in [6.45, 7) is 0.684. The quantitative estimate of drug-likeness (QED) is 0.740. The fourth-order valence-electron chi connectivity index (χ4n) is 2.06. The second-order valence-electron chi connectivity index (χ2n) is 5.00. The second kappa shape index (κ2) is 7.01. The molecule has 0 radical (unpaired) electrons. The Hall–Kier alpha value is -3.07. The Morgan fingerprint density at radius 3 is 2.75 bits per heavy atom. The van der Waals surface area contributed by atoms with E-state index in [1.54, 1.807) is 36.2 Å². The van der Waals surface area contributed by atoms with E-state index in [0.717, 1.165) is 5.56 Å². The van der Waals surface area contributed by atoms with Crippen LogP contribution in [0.2, 0.25) is 0 Å². The number of halogens is 1. The van der Waals surface area contributed by atoms with Crippen molar-refractivity contribution in [2.75, 3.05) is 12.4 Å². The van der Waals surface area contributed by atoms with Gasteiger partial charge in [0.2, 0.25) is 5.95 Å². The van der Waals surface area contributed by atoms with Gasteiger partial charge in [0.25, 0.3) is 5.91 Å². The number of benzene rings is 1. The molecule has 0 fully saturated rings. The van der Waals surface area contributed by atoms with Crippen LogP contribution in [-0.4, -0.2) is 37.6 Å². The van der Waals surface area contributed by atoms with Gasteiger partial charge in [0.1, 0.15) is 18.9 Å². The van der Waals surface area contributed by atoms with Crippen LogP contribution in [0, 0.1) is 5.82 Å². The minimum absolute atomic E-state index is 0.170. The highest BCUT2D eigenvalue weighted by atomic mass is 19.1. The number of nitrogens with zero attached hydrogens (tertiary/aromatic N) is 5. The lowest BCUT2D eigenvalue weighted by Gasteiger charge is -2.01. The van der Waals surface area contributed by atoms with Crippen molar-refractivity contribution in [3.63, 3.8) is 0 Å². The van der Waals surface area contributed by atoms with Gasteiger partial charge < -0.3 is 4.74 Å². The Labute approximate surface area is 136 Å². The molecule has 2 aromatic heterocycles. The van der Waals surface area contributed by atoms with Crippen LogP contribution in [-0.2, 0) is 18.0 Å². The summed E-state index contributed by atoms with van der Waals surface area (Å²) in [5, 5.41) is 10.8.